The lowest BCUT2D eigenvalue weighted by Crippen LogP contribution is -2.36. The van der Waals surface area contributed by atoms with Gasteiger partial charge in [-0.25, -0.2) is 0 Å². The third-order valence-electron chi connectivity index (χ3n) is 3.77. The number of carbonyl (C=O) groups excluding carboxylic acids is 2. The van der Waals surface area contributed by atoms with Gasteiger partial charge >= 0.3 is 0 Å². The maximum atomic E-state index is 12.1. The first kappa shape index (κ1) is 21.1. The second kappa shape index (κ2) is 10.8. The summed E-state index contributed by atoms with van der Waals surface area (Å²) >= 11 is 5.09. The Morgan fingerprint density at radius 2 is 1.72 bits per heavy atom. The van der Waals surface area contributed by atoms with Gasteiger partial charge in [0.15, 0.2) is 5.11 Å². The molecule has 2 amide bonds. The number of hydrogen-bond acceptors (Lipinski definition) is 4. The fourth-order valence-electron chi connectivity index (χ4n) is 2.09. The lowest BCUT2D eigenvalue weighted by atomic mass is 10.2. The van der Waals surface area contributed by atoms with Gasteiger partial charge in [-0.3, -0.25) is 9.59 Å². The molecule has 6 nitrogen and oxygen atoms in total. The summed E-state index contributed by atoms with van der Waals surface area (Å²) in [5.41, 5.74) is 1.30. The molecule has 138 valence electrons. The van der Waals surface area contributed by atoms with Crippen LogP contribution in [0, 0.1) is 5.92 Å². The molecule has 0 radical (unpaired) electrons. The number of likely N-dealkylation sites (N-methyl/N-ethyl adjacent to an activating group) is 1. The zero-order valence-corrected chi connectivity index (χ0v) is 16.2. The van der Waals surface area contributed by atoms with Crippen molar-refractivity contribution < 1.29 is 9.59 Å². The van der Waals surface area contributed by atoms with E-state index in [1.54, 1.807) is 38.1 Å². The van der Waals surface area contributed by atoms with Crippen LogP contribution in [0.3, 0.4) is 0 Å². The molecule has 0 aliphatic carbocycles. The van der Waals surface area contributed by atoms with Crippen LogP contribution in [0.5, 0.6) is 0 Å². The van der Waals surface area contributed by atoms with E-state index in [1.165, 1.54) is 0 Å². The summed E-state index contributed by atoms with van der Waals surface area (Å²) in [5, 5.41) is 8.70. The molecule has 0 saturated heterocycles. The van der Waals surface area contributed by atoms with Gasteiger partial charge in [0.25, 0.3) is 5.91 Å². The third-order valence-corrected chi connectivity index (χ3v) is 3.98. The highest BCUT2D eigenvalue weighted by atomic mass is 32.1. The van der Waals surface area contributed by atoms with Crippen molar-refractivity contribution in [1.29, 1.82) is 0 Å². The average Bonchev–Trinajstić information content (AvgIpc) is 2.59. The number of carbonyl (C=O) groups is 2. The van der Waals surface area contributed by atoms with Crippen LogP contribution in [0.25, 0.3) is 0 Å². The average molecular weight is 365 g/mol. The summed E-state index contributed by atoms with van der Waals surface area (Å²) in [4.78, 5) is 26.0. The minimum atomic E-state index is -0.137. The third kappa shape index (κ3) is 7.62. The lowest BCUT2D eigenvalue weighted by molar-refractivity contribution is -0.122. The summed E-state index contributed by atoms with van der Waals surface area (Å²) in [6.45, 7) is 11.2. The molecule has 0 aliphatic heterocycles. The Kier molecular flexibility index (Phi) is 9.08. The zero-order chi connectivity index (χ0) is 18.8. The number of nitrogens with one attached hydrogen (secondary N) is 3. The Bertz CT molecular complexity index is 583. The van der Waals surface area contributed by atoms with Gasteiger partial charge in [0, 0.05) is 30.3 Å². The van der Waals surface area contributed by atoms with Gasteiger partial charge in [-0.15, -0.1) is 0 Å². The molecule has 0 fully saturated rings. The molecule has 0 spiro atoms. The molecule has 0 aliphatic rings. The van der Waals surface area contributed by atoms with Crippen LogP contribution >= 0.6 is 12.2 Å². The fourth-order valence-corrected chi connectivity index (χ4v) is 2.31. The van der Waals surface area contributed by atoms with E-state index in [0.29, 0.717) is 17.8 Å². The van der Waals surface area contributed by atoms with Crippen LogP contribution in [-0.2, 0) is 4.79 Å². The Balaban J connectivity index is 2.48. The Morgan fingerprint density at radius 1 is 1.12 bits per heavy atom. The van der Waals surface area contributed by atoms with Crippen molar-refractivity contribution in [3.8, 4) is 0 Å². The van der Waals surface area contributed by atoms with Crippen LogP contribution in [0.4, 0.5) is 5.69 Å². The molecule has 25 heavy (non-hydrogen) atoms. The monoisotopic (exact) mass is 364 g/mol. The maximum Gasteiger partial charge on any atom is 0.251 e. The zero-order valence-electron chi connectivity index (χ0n) is 15.4. The molecule has 7 heteroatoms. The number of anilines is 1. The lowest BCUT2D eigenvalue weighted by Gasteiger charge is -2.18. The van der Waals surface area contributed by atoms with Crippen molar-refractivity contribution in [2.75, 3.05) is 31.5 Å². The highest BCUT2D eigenvalue weighted by molar-refractivity contribution is 7.80. The standard InChI is InChI=1S/C18H28N4O2S/c1-5-22(6-2)12-11-19-17(24)14-7-9-15(10-8-14)20-18(25)21-16(23)13(3)4/h7-10,13H,5-6,11-12H2,1-4H3,(H,19,24)(H2,20,21,23,25). The van der Waals surface area contributed by atoms with E-state index >= 15 is 0 Å². The SMILES string of the molecule is CCN(CC)CCNC(=O)c1ccc(NC(=S)NC(=O)C(C)C)cc1. The van der Waals surface area contributed by atoms with Crippen LogP contribution in [-0.4, -0.2) is 48.0 Å². The first-order valence-electron chi connectivity index (χ1n) is 8.59. The van der Waals surface area contributed by atoms with E-state index in [-0.39, 0.29) is 22.8 Å². The molecular formula is C18H28N4O2S. The van der Waals surface area contributed by atoms with Crippen LogP contribution in [0.1, 0.15) is 38.1 Å². The largest absolute Gasteiger partial charge is 0.351 e. The van der Waals surface area contributed by atoms with E-state index in [0.717, 1.165) is 19.6 Å². The summed E-state index contributed by atoms with van der Waals surface area (Å²) in [6, 6.07) is 6.96. The fraction of sp³-hybridized carbons (Fsp3) is 0.500. The molecule has 0 saturated carbocycles. The second-order valence-electron chi connectivity index (χ2n) is 5.96. The number of nitrogens with zero attached hydrogens (tertiary/aromatic N) is 1. The van der Waals surface area contributed by atoms with E-state index in [4.69, 9.17) is 12.2 Å². The topological polar surface area (TPSA) is 73.5 Å². The Morgan fingerprint density at radius 3 is 2.24 bits per heavy atom. The number of amides is 2. The highest BCUT2D eigenvalue weighted by Gasteiger charge is 2.10. The van der Waals surface area contributed by atoms with Crippen LogP contribution < -0.4 is 16.0 Å². The van der Waals surface area contributed by atoms with Crippen LogP contribution in [0.2, 0.25) is 0 Å². The van der Waals surface area contributed by atoms with Gasteiger partial charge < -0.3 is 20.9 Å². The number of benzene rings is 1. The summed E-state index contributed by atoms with van der Waals surface area (Å²) in [5.74, 6) is -0.377. The molecule has 1 aromatic rings. The normalized spacial score (nSPS) is 10.6. The first-order valence-corrected chi connectivity index (χ1v) is 9.00. The van der Waals surface area contributed by atoms with Gasteiger partial charge in [0.1, 0.15) is 0 Å². The quantitative estimate of drug-likeness (QED) is 0.617. The van der Waals surface area contributed by atoms with Gasteiger partial charge in [0.05, 0.1) is 0 Å². The molecule has 0 unspecified atom stereocenters. The molecule has 0 bridgehead atoms. The van der Waals surface area contributed by atoms with Crippen molar-refractivity contribution in [2.24, 2.45) is 5.92 Å². The molecule has 0 heterocycles. The van der Waals surface area contributed by atoms with Gasteiger partial charge in [-0.2, -0.15) is 0 Å². The van der Waals surface area contributed by atoms with Crippen molar-refractivity contribution in [3.63, 3.8) is 0 Å². The van der Waals surface area contributed by atoms with Gasteiger partial charge in [0.2, 0.25) is 5.91 Å². The van der Waals surface area contributed by atoms with Crippen LogP contribution in [0.15, 0.2) is 24.3 Å². The van der Waals surface area contributed by atoms with E-state index in [9.17, 15) is 9.59 Å². The molecule has 0 atom stereocenters. The highest BCUT2D eigenvalue weighted by Crippen LogP contribution is 2.09. The number of hydrogen-bond donors (Lipinski definition) is 3. The molecule has 3 N–H and O–H groups in total. The van der Waals surface area contributed by atoms with E-state index in [1.807, 2.05) is 0 Å². The second-order valence-corrected chi connectivity index (χ2v) is 6.37. The molecular weight excluding hydrogens is 336 g/mol. The molecule has 0 aromatic heterocycles. The van der Waals surface area contributed by atoms with Crippen molar-refractivity contribution in [3.05, 3.63) is 29.8 Å². The predicted octanol–water partition coefficient (Wildman–Crippen LogP) is 2.23. The van der Waals surface area contributed by atoms with Crippen molar-refractivity contribution >= 4 is 34.8 Å². The van der Waals surface area contributed by atoms with Crippen molar-refractivity contribution in [2.45, 2.75) is 27.7 Å². The van der Waals surface area contributed by atoms with E-state index < -0.39 is 0 Å². The maximum absolute atomic E-state index is 12.1. The Hall–Kier alpha value is -1.99. The van der Waals surface area contributed by atoms with Gasteiger partial charge in [-0.1, -0.05) is 27.7 Å². The summed E-state index contributed by atoms with van der Waals surface area (Å²) < 4.78 is 0. The number of thiocarbonyl (C=S) groups is 1. The van der Waals surface area contributed by atoms with Crippen molar-refractivity contribution in [1.82, 2.24) is 15.5 Å². The summed E-state index contributed by atoms with van der Waals surface area (Å²) in [6.07, 6.45) is 0. The number of rotatable bonds is 8. The molecule has 1 rings (SSSR count). The minimum absolute atomic E-state index is 0.102. The van der Waals surface area contributed by atoms with E-state index in [2.05, 4.69) is 34.7 Å². The minimum Gasteiger partial charge on any atom is -0.351 e. The summed E-state index contributed by atoms with van der Waals surface area (Å²) in [7, 11) is 0. The molecule has 1 aromatic carbocycles. The first-order chi connectivity index (χ1) is 11.9. The predicted molar refractivity (Wildman–Crippen MR) is 106 cm³/mol. The smallest absolute Gasteiger partial charge is 0.251 e. The van der Waals surface area contributed by atoms with Gasteiger partial charge in [-0.05, 0) is 49.6 Å². The Labute approximate surface area is 155 Å².